The van der Waals surface area contributed by atoms with E-state index in [0.717, 1.165) is 0 Å². The molecule has 0 aromatic carbocycles. The number of Topliss-reactive ketones (excluding diaryl/α,β-unsaturated/α-hetero) is 1. The van der Waals surface area contributed by atoms with Crippen molar-refractivity contribution < 1.29 is 59.2 Å². The van der Waals surface area contributed by atoms with Gasteiger partial charge in [0.05, 0.1) is 12.4 Å². The van der Waals surface area contributed by atoms with Gasteiger partial charge in [0.2, 0.25) is 5.97 Å². The van der Waals surface area contributed by atoms with Crippen molar-refractivity contribution in [3.05, 3.63) is 6.10 Å². The van der Waals surface area contributed by atoms with Crippen LogP contribution in [0.2, 0.25) is 0 Å². The van der Waals surface area contributed by atoms with Crippen molar-refractivity contribution in [2.24, 2.45) is 0 Å². The molecule has 1 heterocycles. The molecule has 3 N–H and O–H groups in total. The van der Waals surface area contributed by atoms with Crippen molar-refractivity contribution in [1.82, 2.24) is 0 Å². The SMILES string of the molecule is O=C1OC(C(O)CO)C(=O)[C-]1O.[Na+]. The summed E-state index contributed by atoms with van der Waals surface area (Å²) in [5.41, 5.74) is 0. The largest absolute Gasteiger partial charge is 1.00 e. The van der Waals surface area contributed by atoms with Crippen LogP contribution in [0.4, 0.5) is 0 Å². The van der Waals surface area contributed by atoms with Crippen LogP contribution in [0.1, 0.15) is 0 Å². The van der Waals surface area contributed by atoms with Crippen molar-refractivity contribution in [2.45, 2.75) is 12.2 Å². The number of rotatable bonds is 2. The summed E-state index contributed by atoms with van der Waals surface area (Å²) in [5.74, 6) is -2.17. The number of ether oxygens (including phenoxy) is 1. The van der Waals surface area contributed by atoms with E-state index in [1.807, 2.05) is 0 Å². The summed E-state index contributed by atoms with van der Waals surface area (Å²) in [6, 6.07) is 0. The van der Waals surface area contributed by atoms with Gasteiger partial charge in [0.25, 0.3) is 0 Å². The number of hydrogen-bond acceptors (Lipinski definition) is 6. The quantitative estimate of drug-likeness (QED) is 0.232. The standard InChI is InChI=1S/C6H7O6.Na/c7-1-2(8)5-3(9)4(10)6(11)12-5;/h2,5,7-8,10H,1H2;/q-1;+1. The maximum atomic E-state index is 10.8. The molecule has 13 heavy (non-hydrogen) atoms. The number of cyclic esters (lactones) is 1. The molecule has 0 amide bonds. The number of ketones is 1. The molecule has 0 radical (unpaired) electrons. The summed E-state index contributed by atoms with van der Waals surface area (Å²) in [4.78, 5) is 21.3. The van der Waals surface area contributed by atoms with E-state index in [4.69, 9.17) is 15.3 Å². The van der Waals surface area contributed by atoms with Crippen LogP contribution in [-0.4, -0.2) is 45.9 Å². The van der Waals surface area contributed by atoms with E-state index in [2.05, 4.69) is 4.74 Å². The molecule has 7 heteroatoms. The Morgan fingerprint density at radius 1 is 1.54 bits per heavy atom. The first-order valence-electron chi connectivity index (χ1n) is 3.18. The van der Waals surface area contributed by atoms with Crippen molar-refractivity contribution in [3.8, 4) is 0 Å². The molecule has 68 valence electrons. The number of esters is 1. The Hall–Kier alpha value is -0.110. The molecule has 0 spiro atoms. The van der Waals surface area contributed by atoms with Crippen LogP contribution in [0.5, 0.6) is 0 Å². The summed E-state index contributed by atoms with van der Waals surface area (Å²) in [6.07, 6.45) is -3.99. The monoisotopic (exact) mass is 198 g/mol. The number of carbonyl (C=O) groups excluding carboxylic acids is 2. The number of aliphatic hydroxyl groups excluding tert-OH is 3. The summed E-state index contributed by atoms with van der Waals surface area (Å²) in [5, 5.41) is 26.0. The molecule has 0 bridgehead atoms. The van der Waals surface area contributed by atoms with Crippen molar-refractivity contribution in [3.63, 3.8) is 0 Å². The number of carbonyl (C=O) groups is 2. The maximum Gasteiger partial charge on any atom is 1.00 e. The normalized spacial score (nSPS) is 23.9. The van der Waals surface area contributed by atoms with Gasteiger partial charge in [0.1, 0.15) is 6.10 Å². The van der Waals surface area contributed by atoms with Crippen molar-refractivity contribution in [1.29, 1.82) is 0 Å². The molecule has 1 rings (SSSR count). The Morgan fingerprint density at radius 3 is 2.38 bits per heavy atom. The molecule has 0 saturated carbocycles. The van der Waals surface area contributed by atoms with Gasteiger partial charge in [-0.3, -0.25) is 4.79 Å². The first-order chi connectivity index (χ1) is 5.57. The van der Waals surface area contributed by atoms with E-state index in [9.17, 15) is 9.59 Å². The average Bonchev–Trinajstić information content (AvgIpc) is 2.32. The summed E-state index contributed by atoms with van der Waals surface area (Å²) >= 11 is 0. The Morgan fingerprint density at radius 2 is 2.08 bits per heavy atom. The zero-order chi connectivity index (χ0) is 9.30. The van der Waals surface area contributed by atoms with Crippen molar-refractivity contribution >= 4 is 11.8 Å². The van der Waals surface area contributed by atoms with Gasteiger partial charge in [0, 0.05) is 0 Å². The van der Waals surface area contributed by atoms with Gasteiger partial charge in [-0.1, -0.05) is 6.10 Å². The van der Waals surface area contributed by atoms with Gasteiger partial charge in [-0.2, -0.15) is 0 Å². The first-order valence-corrected chi connectivity index (χ1v) is 3.18. The van der Waals surface area contributed by atoms with Gasteiger partial charge < -0.3 is 24.9 Å². The minimum atomic E-state index is -1.48. The second-order valence-corrected chi connectivity index (χ2v) is 2.29. The minimum absolute atomic E-state index is 0. The van der Waals surface area contributed by atoms with Crippen LogP contribution < -0.4 is 29.6 Å². The summed E-state index contributed by atoms with van der Waals surface area (Å²) in [6.45, 7) is -0.711. The first kappa shape index (κ1) is 12.9. The zero-order valence-electron chi connectivity index (χ0n) is 6.93. The third kappa shape index (κ3) is 2.43. The van der Waals surface area contributed by atoms with E-state index in [1.54, 1.807) is 0 Å². The molecular weight excluding hydrogens is 191 g/mol. The molecule has 1 saturated heterocycles. The molecular formula is C6H7NaO6. The predicted octanol–water partition coefficient (Wildman–Crippen LogP) is -5.26. The molecule has 1 aliphatic rings. The Kier molecular flexibility index (Phi) is 4.90. The topological polar surface area (TPSA) is 104 Å². The molecule has 2 unspecified atom stereocenters. The van der Waals surface area contributed by atoms with Crippen molar-refractivity contribution in [2.75, 3.05) is 6.61 Å². The van der Waals surface area contributed by atoms with E-state index < -0.39 is 36.7 Å². The van der Waals surface area contributed by atoms with Gasteiger partial charge in [-0.25, -0.2) is 0 Å². The second kappa shape index (κ2) is 4.94. The van der Waals surface area contributed by atoms with Crippen LogP contribution in [0.3, 0.4) is 0 Å². The fraction of sp³-hybridized carbons (Fsp3) is 0.500. The molecule has 2 atom stereocenters. The smallest absolute Gasteiger partial charge is 0.526 e. The minimum Gasteiger partial charge on any atom is -0.526 e. The van der Waals surface area contributed by atoms with Gasteiger partial charge in [-0.05, 0) is 0 Å². The second-order valence-electron chi connectivity index (χ2n) is 2.29. The number of aliphatic hydroxyl groups is 3. The third-order valence-electron chi connectivity index (χ3n) is 1.46. The Balaban J connectivity index is 0.00000144. The maximum absolute atomic E-state index is 10.8. The van der Waals surface area contributed by atoms with Gasteiger partial charge in [0.15, 0.2) is 6.10 Å². The summed E-state index contributed by atoms with van der Waals surface area (Å²) in [7, 11) is 0. The third-order valence-corrected chi connectivity index (χ3v) is 1.46. The Labute approximate surface area is 95.8 Å². The molecule has 0 aromatic heterocycles. The molecule has 1 aliphatic heterocycles. The molecule has 0 aliphatic carbocycles. The van der Waals surface area contributed by atoms with Gasteiger partial charge in [-0.15, -0.1) is 0 Å². The van der Waals surface area contributed by atoms with E-state index >= 15 is 0 Å². The zero-order valence-corrected chi connectivity index (χ0v) is 8.93. The fourth-order valence-electron chi connectivity index (χ4n) is 0.809. The average molecular weight is 198 g/mol. The van der Waals surface area contributed by atoms with Crippen LogP contribution in [0.15, 0.2) is 0 Å². The van der Waals surface area contributed by atoms with E-state index in [0.29, 0.717) is 0 Å². The Bertz CT molecular complexity index is 217. The molecule has 6 nitrogen and oxygen atoms in total. The van der Waals surface area contributed by atoms with E-state index in [1.165, 1.54) is 0 Å². The number of hydrogen-bond donors (Lipinski definition) is 3. The fourth-order valence-corrected chi connectivity index (χ4v) is 0.809. The van der Waals surface area contributed by atoms with Crippen LogP contribution >= 0.6 is 0 Å². The van der Waals surface area contributed by atoms with Crippen LogP contribution in [0, 0.1) is 6.10 Å². The molecule has 0 aromatic rings. The van der Waals surface area contributed by atoms with Crippen LogP contribution in [-0.2, 0) is 14.3 Å². The molecule has 1 fully saturated rings. The summed E-state index contributed by atoms with van der Waals surface area (Å²) < 4.78 is 4.25. The van der Waals surface area contributed by atoms with Gasteiger partial charge >= 0.3 is 29.6 Å². The van der Waals surface area contributed by atoms with Crippen LogP contribution in [0.25, 0.3) is 0 Å². The van der Waals surface area contributed by atoms with E-state index in [-0.39, 0.29) is 29.6 Å². The predicted molar refractivity (Wildman–Crippen MR) is 33.2 cm³/mol.